The Labute approximate surface area is 106 Å². The van der Waals surface area contributed by atoms with E-state index in [1.54, 1.807) is 0 Å². The van der Waals surface area contributed by atoms with Gasteiger partial charge in [-0.05, 0) is 57.1 Å². The molecule has 0 spiro atoms. The van der Waals surface area contributed by atoms with Crippen molar-refractivity contribution in [2.75, 3.05) is 13.6 Å². The zero-order chi connectivity index (χ0) is 11.4. The highest BCUT2D eigenvalue weighted by Gasteiger charge is 2.15. The van der Waals surface area contributed by atoms with E-state index in [2.05, 4.69) is 51.9 Å². The lowest BCUT2D eigenvalue weighted by atomic mass is 10.0. The van der Waals surface area contributed by atoms with E-state index in [0.717, 1.165) is 10.0 Å². The first-order valence-corrected chi connectivity index (χ1v) is 6.52. The van der Waals surface area contributed by atoms with Gasteiger partial charge in [0.2, 0.25) is 0 Å². The molecule has 0 saturated carbocycles. The van der Waals surface area contributed by atoms with Gasteiger partial charge >= 0.3 is 0 Å². The second-order valence-corrected chi connectivity index (χ2v) is 5.18. The van der Waals surface area contributed by atoms with Crippen LogP contribution in [0.1, 0.15) is 24.8 Å². The van der Waals surface area contributed by atoms with E-state index in [-0.39, 0.29) is 0 Å². The summed E-state index contributed by atoms with van der Waals surface area (Å²) in [5.74, 6) is 6.63. The van der Waals surface area contributed by atoms with E-state index in [0.29, 0.717) is 6.04 Å². The average Bonchev–Trinajstić information content (AvgIpc) is 2.30. The van der Waals surface area contributed by atoms with Gasteiger partial charge in [-0.3, -0.25) is 4.90 Å². The fraction of sp³-hybridized carbons (Fsp3) is 0.429. The van der Waals surface area contributed by atoms with Gasteiger partial charge in [0.25, 0.3) is 0 Å². The monoisotopic (exact) mass is 277 g/mol. The molecular weight excluding hydrogens is 262 g/mol. The van der Waals surface area contributed by atoms with E-state index in [1.807, 2.05) is 12.1 Å². The van der Waals surface area contributed by atoms with E-state index in [9.17, 15) is 0 Å². The van der Waals surface area contributed by atoms with Crippen LogP contribution in [0.25, 0.3) is 0 Å². The molecule has 1 atom stereocenters. The Bertz CT molecular complexity index is 399. The lowest BCUT2D eigenvalue weighted by Crippen LogP contribution is -2.34. The minimum absolute atomic E-state index is 0.442. The largest absolute Gasteiger partial charge is 0.293 e. The topological polar surface area (TPSA) is 3.24 Å². The average molecular weight is 278 g/mol. The van der Waals surface area contributed by atoms with E-state index >= 15 is 0 Å². The normalized spacial score (nSPS) is 21.2. The van der Waals surface area contributed by atoms with Crippen LogP contribution in [-0.2, 0) is 0 Å². The number of likely N-dealkylation sites (tertiary alicyclic amines) is 1. The number of piperidine rings is 1. The number of hydrogen-bond donors (Lipinski definition) is 0. The van der Waals surface area contributed by atoms with Gasteiger partial charge in [0, 0.05) is 10.0 Å². The summed E-state index contributed by atoms with van der Waals surface area (Å²) >= 11 is 3.43. The Kier molecular flexibility index (Phi) is 4.04. The Morgan fingerprint density at radius 3 is 2.69 bits per heavy atom. The molecule has 1 aliphatic rings. The van der Waals surface area contributed by atoms with E-state index in [4.69, 9.17) is 0 Å². The quantitative estimate of drug-likeness (QED) is 0.658. The molecule has 0 bridgehead atoms. The zero-order valence-corrected chi connectivity index (χ0v) is 11.1. The highest BCUT2D eigenvalue weighted by molar-refractivity contribution is 9.10. The summed E-state index contributed by atoms with van der Waals surface area (Å²) in [7, 11) is 2.17. The van der Waals surface area contributed by atoms with Gasteiger partial charge in [-0.2, -0.15) is 0 Å². The van der Waals surface area contributed by atoms with Crippen molar-refractivity contribution in [2.24, 2.45) is 0 Å². The van der Waals surface area contributed by atoms with Crippen LogP contribution in [0.2, 0.25) is 0 Å². The number of hydrogen-bond acceptors (Lipinski definition) is 1. The van der Waals surface area contributed by atoms with Crippen molar-refractivity contribution in [3.05, 3.63) is 34.3 Å². The zero-order valence-electron chi connectivity index (χ0n) is 9.54. The summed E-state index contributed by atoms with van der Waals surface area (Å²) < 4.78 is 1.10. The fourth-order valence-electron chi connectivity index (χ4n) is 1.96. The molecule has 1 aromatic carbocycles. The van der Waals surface area contributed by atoms with Crippen molar-refractivity contribution in [1.29, 1.82) is 0 Å². The summed E-state index contributed by atoms with van der Waals surface area (Å²) in [5.41, 5.74) is 1.10. The molecule has 16 heavy (non-hydrogen) atoms. The van der Waals surface area contributed by atoms with Crippen molar-refractivity contribution in [3.8, 4) is 11.8 Å². The predicted octanol–water partition coefficient (Wildman–Crippen LogP) is 3.28. The third-order valence-electron chi connectivity index (χ3n) is 3.00. The van der Waals surface area contributed by atoms with Crippen LogP contribution in [0.3, 0.4) is 0 Å². The van der Waals surface area contributed by atoms with Gasteiger partial charge in [0.05, 0.1) is 6.04 Å². The van der Waals surface area contributed by atoms with Crippen molar-refractivity contribution < 1.29 is 0 Å². The summed E-state index contributed by atoms with van der Waals surface area (Å²) in [6.45, 7) is 1.18. The minimum atomic E-state index is 0.442. The molecule has 0 radical (unpaired) electrons. The molecule has 2 rings (SSSR count). The molecule has 0 aliphatic carbocycles. The van der Waals surface area contributed by atoms with Gasteiger partial charge in [-0.15, -0.1) is 0 Å². The van der Waals surface area contributed by atoms with Crippen LogP contribution in [0, 0.1) is 11.8 Å². The fourth-order valence-corrected chi connectivity index (χ4v) is 2.22. The molecule has 2 heteroatoms. The molecular formula is C14H16BrN. The molecule has 1 fully saturated rings. The summed E-state index contributed by atoms with van der Waals surface area (Å²) in [6, 6.07) is 8.63. The maximum Gasteiger partial charge on any atom is 0.0715 e. The van der Waals surface area contributed by atoms with Crippen LogP contribution in [-0.4, -0.2) is 24.5 Å². The smallest absolute Gasteiger partial charge is 0.0715 e. The Balaban J connectivity index is 2.05. The highest BCUT2D eigenvalue weighted by Crippen LogP contribution is 2.14. The van der Waals surface area contributed by atoms with Crippen LogP contribution < -0.4 is 0 Å². The van der Waals surface area contributed by atoms with E-state index in [1.165, 1.54) is 25.8 Å². The predicted molar refractivity (Wildman–Crippen MR) is 71.3 cm³/mol. The van der Waals surface area contributed by atoms with Crippen molar-refractivity contribution in [1.82, 2.24) is 4.90 Å². The minimum Gasteiger partial charge on any atom is -0.293 e. The van der Waals surface area contributed by atoms with E-state index < -0.39 is 0 Å². The molecule has 1 aromatic rings. The number of benzene rings is 1. The highest BCUT2D eigenvalue weighted by atomic mass is 79.9. The second kappa shape index (κ2) is 5.52. The lowest BCUT2D eigenvalue weighted by molar-refractivity contribution is 0.229. The van der Waals surface area contributed by atoms with Crippen LogP contribution >= 0.6 is 15.9 Å². The SMILES string of the molecule is CN1CCCC[C@@H]1C#Cc1ccc(Br)cc1. The number of halogens is 1. The van der Waals surface area contributed by atoms with Gasteiger partial charge < -0.3 is 0 Å². The first-order chi connectivity index (χ1) is 7.75. The molecule has 0 unspecified atom stereocenters. The van der Waals surface area contributed by atoms with Crippen LogP contribution in [0.4, 0.5) is 0 Å². The van der Waals surface area contributed by atoms with Gasteiger partial charge in [-0.25, -0.2) is 0 Å². The number of rotatable bonds is 0. The molecule has 0 aromatic heterocycles. The summed E-state index contributed by atoms with van der Waals surface area (Å²) in [5, 5.41) is 0. The molecule has 1 saturated heterocycles. The third kappa shape index (κ3) is 3.10. The van der Waals surface area contributed by atoms with Crippen molar-refractivity contribution in [2.45, 2.75) is 25.3 Å². The summed E-state index contributed by atoms with van der Waals surface area (Å²) in [4.78, 5) is 2.36. The standard InChI is InChI=1S/C14H16BrN/c1-16-11-3-2-4-14(16)10-7-12-5-8-13(15)9-6-12/h5-6,8-9,14H,2-4,11H2,1H3/t14-/m1/s1. The lowest BCUT2D eigenvalue weighted by Gasteiger charge is -2.28. The van der Waals surface area contributed by atoms with Crippen LogP contribution in [0.5, 0.6) is 0 Å². The summed E-state index contributed by atoms with van der Waals surface area (Å²) in [6.07, 6.45) is 3.83. The second-order valence-electron chi connectivity index (χ2n) is 4.27. The molecule has 0 N–H and O–H groups in total. The van der Waals surface area contributed by atoms with Gasteiger partial charge in [0.15, 0.2) is 0 Å². The Morgan fingerprint density at radius 1 is 1.25 bits per heavy atom. The third-order valence-corrected chi connectivity index (χ3v) is 3.53. The maximum absolute atomic E-state index is 3.43. The Hall–Kier alpha value is -0.780. The molecule has 1 aliphatic heterocycles. The Morgan fingerprint density at radius 2 is 2.00 bits per heavy atom. The molecule has 1 heterocycles. The first-order valence-electron chi connectivity index (χ1n) is 5.73. The van der Waals surface area contributed by atoms with Crippen LogP contribution in [0.15, 0.2) is 28.7 Å². The van der Waals surface area contributed by atoms with Gasteiger partial charge in [-0.1, -0.05) is 27.8 Å². The number of nitrogens with zero attached hydrogens (tertiary/aromatic N) is 1. The maximum atomic E-state index is 3.43. The van der Waals surface area contributed by atoms with Crippen molar-refractivity contribution in [3.63, 3.8) is 0 Å². The molecule has 84 valence electrons. The van der Waals surface area contributed by atoms with Gasteiger partial charge in [0.1, 0.15) is 0 Å². The first kappa shape index (κ1) is 11.7. The molecule has 1 nitrogen and oxygen atoms in total. The molecule has 0 amide bonds. The van der Waals surface area contributed by atoms with Crippen molar-refractivity contribution >= 4 is 15.9 Å².